The maximum absolute atomic E-state index is 11.9. The van der Waals surface area contributed by atoms with Crippen molar-refractivity contribution in [2.45, 2.75) is 19.4 Å². The molecule has 0 saturated heterocycles. The Hall–Kier alpha value is -1.52. The van der Waals surface area contributed by atoms with Crippen LogP contribution in [-0.2, 0) is 6.42 Å². The zero-order chi connectivity index (χ0) is 12.8. The molecule has 0 amide bonds. The van der Waals surface area contributed by atoms with E-state index in [2.05, 4.69) is 22.4 Å². The minimum atomic E-state index is -0.181. The molecule has 2 rings (SSSR count). The van der Waals surface area contributed by atoms with Gasteiger partial charge in [-0.15, -0.1) is 11.3 Å². The van der Waals surface area contributed by atoms with Crippen LogP contribution in [0, 0.1) is 0 Å². The molecule has 0 spiro atoms. The SMILES string of the molecule is CC(NCCc1ccccc1)C(=O)c1nccs1. The van der Waals surface area contributed by atoms with Crippen molar-refractivity contribution in [1.29, 1.82) is 0 Å². The van der Waals surface area contributed by atoms with Crippen molar-refractivity contribution < 1.29 is 4.79 Å². The number of Topliss-reactive ketones (excluding diaryl/α,β-unsaturated/α-hetero) is 1. The maximum atomic E-state index is 11.9. The Balaban J connectivity index is 1.79. The first-order valence-electron chi connectivity index (χ1n) is 5.98. The van der Waals surface area contributed by atoms with Gasteiger partial charge in [-0.25, -0.2) is 4.98 Å². The summed E-state index contributed by atoms with van der Waals surface area (Å²) in [5, 5.41) is 5.64. The number of aromatic nitrogens is 1. The van der Waals surface area contributed by atoms with Crippen molar-refractivity contribution in [3.05, 3.63) is 52.5 Å². The van der Waals surface area contributed by atoms with E-state index < -0.39 is 0 Å². The van der Waals surface area contributed by atoms with Gasteiger partial charge < -0.3 is 5.32 Å². The minimum absolute atomic E-state index is 0.0676. The third kappa shape index (κ3) is 3.48. The molecule has 18 heavy (non-hydrogen) atoms. The third-order valence-electron chi connectivity index (χ3n) is 2.74. The van der Waals surface area contributed by atoms with E-state index in [0.717, 1.165) is 13.0 Å². The summed E-state index contributed by atoms with van der Waals surface area (Å²) in [6.07, 6.45) is 2.59. The Kier molecular flexibility index (Phi) is 4.61. The fourth-order valence-corrected chi connectivity index (χ4v) is 2.37. The highest BCUT2D eigenvalue weighted by atomic mass is 32.1. The lowest BCUT2D eigenvalue weighted by Crippen LogP contribution is -2.35. The number of benzene rings is 1. The number of nitrogens with one attached hydrogen (secondary N) is 1. The van der Waals surface area contributed by atoms with E-state index >= 15 is 0 Å². The highest BCUT2D eigenvalue weighted by molar-refractivity contribution is 7.11. The first-order chi connectivity index (χ1) is 8.77. The molecule has 0 fully saturated rings. The fraction of sp³-hybridized carbons (Fsp3) is 0.286. The smallest absolute Gasteiger partial charge is 0.207 e. The van der Waals surface area contributed by atoms with Crippen LogP contribution in [0.4, 0.5) is 0 Å². The van der Waals surface area contributed by atoms with Gasteiger partial charge in [-0.3, -0.25) is 4.79 Å². The van der Waals surface area contributed by atoms with Gasteiger partial charge in [-0.05, 0) is 25.5 Å². The highest BCUT2D eigenvalue weighted by Crippen LogP contribution is 2.07. The zero-order valence-electron chi connectivity index (χ0n) is 10.3. The summed E-state index contributed by atoms with van der Waals surface area (Å²) in [6.45, 7) is 2.68. The monoisotopic (exact) mass is 260 g/mol. The Morgan fingerprint density at radius 2 is 2.17 bits per heavy atom. The van der Waals surface area contributed by atoms with Gasteiger partial charge in [-0.1, -0.05) is 30.3 Å². The number of hydrogen-bond donors (Lipinski definition) is 1. The van der Waals surface area contributed by atoms with Crippen LogP contribution in [0.5, 0.6) is 0 Å². The number of carbonyl (C=O) groups excluding carboxylic acids is 1. The molecule has 4 heteroatoms. The maximum Gasteiger partial charge on any atom is 0.207 e. The van der Waals surface area contributed by atoms with E-state index in [-0.39, 0.29) is 11.8 Å². The molecule has 2 aromatic rings. The van der Waals surface area contributed by atoms with Crippen LogP contribution in [0.1, 0.15) is 22.3 Å². The van der Waals surface area contributed by atoms with Crippen LogP contribution in [0.25, 0.3) is 0 Å². The molecular weight excluding hydrogens is 244 g/mol. The van der Waals surface area contributed by atoms with Gasteiger partial charge in [0.25, 0.3) is 0 Å². The predicted octanol–water partition coefficient (Wildman–Crippen LogP) is 2.55. The summed E-state index contributed by atoms with van der Waals surface area (Å²) in [6, 6.07) is 10.1. The van der Waals surface area contributed by atoms with Crippen molar-refractivity contribution >= 4 is 17.1 Å². The second-order valence-electron chi connectivity index (χ2n) is 4.11. The van der Waals surface area contributed by atoms with Crippen molar-refractivity contribution in [1.82, 2.24) is 10.3 Å². The molecule has 1 aromatic carbocycles. The van der Waals surface area contributed by atoms with E-state index in [4.69, 9.17) is 0 Å². The van der Waals surface area contributed by atoms with E-state index in [9.17, 15) is 4.79 Å². The van der Waals surface area contributed by atoms with E-state index in [1.807, 2.05) is 30.5 Å². The van der Waals surface area contributed by atoms with E-state index in [1.54, 1.807) is 6.20 Å². The quantitative estimate of drug-likeness (QED) is 0.812. The Bertz CT molecular complexity index is 482. The first kappa shape index (κ1) is 12.9. The number of carbonyl (C=O) groups is 1. The van der Waals surface area contributed by atoms with Gasteiger partial charge in [0.2, 0.25) is 5.78 Å². The molecule has 0 radical (unpaired) electrons. The van der Waals surface area contributed by atoms with E-state index in [1.165, 1.54) is 16.9 Å². The van der Waals surface area contributed by atoms with Crippen LogP contribution >= 0.6 is 11.3 Å². The van der Waals surface area contributed by atoms with Crippen LogP contribution in [0.2, 0.25) is 0 Å². The van der Waals surface area contributed by atoms with Crippen LogP contribution in [0.3, 0.4) is 0 Å². The summed E-state index contributed by atoms with van der Waals surface area (Å²) in [5.41, 5.74) is 1.28. The average molecular weight is 260 g/mol. The van der Waals surface area contributed by atoms with Gasteiger partial charge in [-0.2, -0.15) is 0 Å². The van der Waals surface area contributed by atoms with Gasteiger partial charge in [0.15, 0.2) is 5.01 Å². The molecule has 1 atom stereocenters. The Morgan fingerprint density at radius 3 is 2.83 bits per heavy atom. The van der Waals surface area contributed by atoms with Crippen LogP contribution in [0.15, 0.2) is 41.9 Å². The van der Waals surface area contributed by atoms with Crippen LogP contribution < -0.4 is 5.32 Å². The molecule has 3 nitrogen and oxygen atoms in total. The van der Waals surface area contributed by atoms with Gasteiger partial charge >= 0.3 is 0 Å². The highest BCUT2D eigenvalue weighted by Gasteiger charge is 2.16. The first-order valence-corrected chi connectivity index (χ1v) is 6.86. The second kappa shape index (κ2) is 6.42. The number of rotatable bonds is 6. The van der Waals surface area contributed by atoms with Crippen molar-refractivity contribution in [3.8, 4) is 0 Å². The molecule has 0 aliphatic heterocycles. The van der Waals surface area contributed by atoms with Crippen molar-refractivity contribution in [3.63, 3.8) is 0 Å². The molecule has 94 valence electrons. The fourth-order valence-electron chi connectivity index (χ4n) is 1.70. The summed E-state index contributed by atoms with van der Waals surface area (Å²) in [7, 11) is 0. The molecule has 1 N–H and O–H groups in total. The molecule has 0 aliphatic rings. The normalized spacial score (nSPS) is 12.3. The zero-order valence-corrected chi connectivity index (χ0v) is 11.1. The van der Waals surface area contributed by atoms with Crippen LogP contribution in [-0.4, -0.2) is 23.4 Å². The van der Waals surface area contributed by atoms with Gasteiger partial charge in [0.1, 0.15) is 0 Å². The largest absolute Gasteiger partial charge is 0.307 e. The van der Waals surface area contributed by atoms with Crippen molar-refractivity contribution in [2.24, 2.45) is 0 Å². The summed E-state index contributed by atoms with van der Waals surface area (Å²) >= 11 is 1.39. The minimum Gasteiger partial charge on any atom is -0.307 e. The average Bonchev–Trinajstić information content (AvgIpc) is 2.93. The summed E-state index contributed by atoms with van der Waals surface area (Å²) in [5.74, 6) is 0.0676. The molecule has 1 heterocycles. The number of thiazole rings is 1. The lowest BCUT2D eigenvalue weighted by Gasteiger charge is -2.11. The molecular formula is C14H16N2OS. The third-order valence-corrected chi connectivity index (χ3v) is 3.53. The lowest BCUT2D eigenvalue weighted by atomic mass is 10.1. The number of nitrogens with zero attached hydrogens (tertiary/aromatic N) is 1. The predicted molar refractivity (Wildman–Crippen MR) is 74.1 cm³/mol. The number of ketones is 1. The molecule has 1 aromatic heterocycles. The van der Waals surface area contributed by atoms with Gasteiger partial charge in [0, 0.05) is 11.6 Å². The lowest BCUT2D eigenvalue weighted by molar-refractivity contribution is 0.0951. The Labute approximate surface area is 111 Å². The number of hydrogen-bond acceptors (Lipinski definition) is 4. The van der Waals surface area contributed by atoms with Gasteiger partial charge in [0.05, 0.1) is 6.04 Å². The summed E-state index contributed by atoms with van der Waals surface area (Å²) in [4.78, 5) is 16.0. The van der Waals surface area contributed by atoms with Crippen molar-refractivity contribution in [2.75, 3.05) is 6.54 Å². The molecule has 0 bridgehead atoms. The topological polar surface area (TPSA) is 42.0 Å². The molecule has 1 unspecified atom stereocenters. The molecule has 0 saturated carbocycles. The second-order valence-corrected chi connectivity index (χ2v) is 5.01. The molecule has 0 aliphatic carbocycles. The Morgan fingerprint density at radius 1 is 1.39 bits per heavy atom. The van der Waals surface area contributed by atoms with E-state index in [0.29, 0.717) is 5.01 Å². The standard InChI is InChI=1S/C14H16N2OS/c1-11(13(17)14-16-9-10-18-14)15-8-7-12-5-3-2-4-6-12/h2-6,9-11,15H,7-8H2,1H3. The summed E-state index contributed by atoms with van der Waals surface area (Å²) < 4.78 is 0.